The van der Waals surface area contributed by atoms with Crippen molar-refractivity contribution in [3.63, 3.8) is 0 Å². The second-order valence-electron chi connectivity index (χ2n) is 7.70. The van der Waals surface area contributed by atoms with Gasteiger partial charge in [0.1, 0.15) is 5.58 Å². The van der Waals surface area contributed by atoms with E-state index < -0.39 is 0 Å². The molecule has 122 valence electrons. The van der Waals surface area contributed by atoms with E-state index >= 15 is 0 Å². The summed E-state index contributed by atoms with van der Waals surface area (Å²) in [6.07, 6.45) is 4.79. The van der Waals surface area contributed by atoms with Crippen LogP contribution in [0.1, 0.15) is 43.4 Å². The van der Waals surface area contributed by atoms with Crippen LogP contribution in [0.4, 0.5) is 0 Å². The van der Waals surface area contributed by atoms with Crippen molar-refractivity contribution in [2.75, 3.05) is 13.1 Å². The number of likely N-dealkylation sites (tertiary alicyclic amines) is 1. The number of aryl methyl sites for hydroxylation is 2. The number of nitrogens with zero attached hydrogens (tertiary/aromatic N) is 1. The molecule has 0 N–H and O–H groups in total. The predicted molar refractivity (Wildman–Crippen MR) is 92.7 cm³/mol. The quantitative estimate of drug-likeness (QED) is 0.792. The average molecular weight is 311 g/mol. The summed E-state index contributed by atoms with van der Waals surface area (Å²) in [5.41, 5.74) is 4.48. The van der Waals surface area contributed by atoms with Crippen LogP contribution >= 0.6 is 0 Å². The Morgan fingerprint density at radius 2 is 1.78 bits per heavy atom. The Balaban J connectivity index is 1.72. The molecule has 1 aliphatic carbocycles. The van der Waals surface area contributed by atoms with E-state index in [2.05, 4.69) is 30.9 Å². The molecule has 3 heteroatoms. The summed E-state index contributed by atoms with van der Waals surface area (Å²) in [5, 5.41) is 1.14. The van der Waals surface area contributed by atoms with Gasteiger partial charge in [0.15, 0.2) is 0 Å². The fourth-order valence-corrected chi connectivity index (χ4v) is 4.59. The molecule has 2 atom stereocenters. The highest BCUT2D eigenvalue weighted by Gasteiger charge is 2.23. The molecule has 2 aliphatic rings. The van der Waals surface area contributed by atoms with E-state index in [0.717, 1.165) is 60.8 Å². The second kappa shape index (κ2) is 5.79. The molecule has 2 heterocycles. The van der Waals surface area contributed by atoms with E-state index in [1.165, 1.54) is 24.0 Å². The highest BCUT2D eigenvalue weighted by atomic mass is 16.4. The van der Waals surface area contributed by atoms with Gasteiger partial charge < -0.3 is 4.42 Å². The molecule has 1 saturated heterocycles. The Kier molecular flexibility index (Phi) is 3.76. The number of fused-ring (bicyclic) bond motifs is 2. The van der Waals surface area contributed by atoms with Gasteiger partial charge in [0.05, 0.1) is 0 Å². The van der Waals surface area contributed by atoms with Gasteiger partial charge in [-0.05, 0) is 66.3 Å². The van der Waals surface area contributed by atoms with Gasteiger partial charge >= 0.3 is 5.63 Å². The lowest BCUT2D eigenvalue weighted by Crippen LogP contribution is -2.38. The third-order valence-corrected chi connectivity index (χ3v) is 5.38. The maximum absolute atomic E-state index is 12.0. The Hall–Kier alpha value is -1.61. The normalized spacial score (nSPS) is 25.0. The smallest absolute Gasteiger partial charge is 0.336 e. The van der Waals surface area contributed by atoms with Crippen molar-refractivity contribution in [2.45, 2.75) is 46.1 Å². The predicted octanol–water partition coefficient (Wildman–Crippen LogP) is 3.76. The van der Waals surface area contributed by atoms with E-state index in [9.17, 15) is 4.79 Å². The van der Waals surface area contributed by atoms with Gasteiger partial charge in [-0.2, -0.15) is 0 Å². The molecule has 0 spiro atoms. The summed E-state index contributed by atoms with van der Waals surface area (Å²) in [6.45, 7) is 7.75. The first-order chi connectivity index (χ1) is 11.1. The number of piperidine rings is 1. The van der Waals surface area contributed by atoms with Crippen molar-refractivity contribution >= 4 is 11.0 Å². The van der Waals surface area contributed by atoms with E-state index in [1.54, 1.807) is 6.07 Å². The number of hydrogen-bond donors (Lipinski definition) is 0. The van der Waals surface area contributed by atoms with Crippen LogP contribution in [-0.2, 0) is 19.4 Å². The maximum atomic E-state index is 12.0. The topological polar surface area (TPSA) is 33.5 Å². The first-order valence-electron chi connectivity index (χ1n) is 8.89. The van der Waals surface area contributed by atoms with Crippen molar-refractivity contribution < 1.29 is 4.42 Å². The SMILES string of the molecule is C[C@@H]1C[C@@H](C)CN(Cc2cc(=O)oc3cc4c(cc23)CCC4)C1. The van der Waals surface area contributed by atoms with Crippen LogP contribution in [0.15, 0.2) is 27.4 Å². The van der Waals surface area contributed by atoms with E-state index in [1.807, 2.05) is 0 Å². The maximum Gasteiger partial charge on any atom is 0.336 e. The van der Waals surface area contributed by atoms with Gasteiger partial charge in [-0.1, -0.05) is 13.8 Å². The largest absolute Gasteiger partial charge is 0.423 e. The van der Waals surface area contributed by atoms with Gasteiger partial charge in [-0.3, -0.25) is 4.90 Å². The molecular formula is C20H25NO2. The summed E-state index contributed by atoms with van der Waals surface area (Å²) in [7, 11) is 0. The minimum atomic E-state index is -0.219. The van der Waals surface area contributed by atoms with Crippen molar-refractivity contribution in [1.82, 2.24) is 4.90 Å². The molecule has 0 amide bonds. The molecule has 0 saturated carbocycles. The number of benzene rings is 1. The Bertz CT molecular complexity index is 782. The van der Waals surface area contributed by atoms with Crippen molar-refractivity contribution in [3.8, 4) is 0 Å². The third-order valence-electron chi connectivity index (χ3n) is 5.38. The highest BCUT2D eigenvalue weighted by Crippen LogP contribution is 2.30. The molecule has 2 aromatic rings. The number of hydrogen-bond acceptors (Lipinski definition) is 3. The van der Waals surface area contributed by atoms with Crippen LogP contribution in [0.2, 0.25) is 0 Å². The summed E-state index contributed by atoms with van der Waals surface area (Å²) in [4.78, 5) is 14.5. The summed E-state index contributed by atoms with van der Waals surface area (Å²) in [6, 6.07) is 6.07. The van der Waals surface area contributed by atoms with E-state index in [4.69, 9.17) is 4.42 Å². The van der Waals surface area contributed by atoms with Gasteiger partial charge in [0, 0.05) is 31.1 Å². The Morgan fingerprint density at radius 1 is 1.09 bits per heavy atom. The molecule has 0 radical (unpaired) electrons. The molecule has 1 aliphatic heterocycles. The summed E-state index contributed by atoms with van der Waals surface area (Å²) >= 11 is 0. The molecule has 1 fully saturated rings. The molecule has 0 unspecified atom stereocenters. The van der Waals surface area contributed by atoms with Gasteiger partial charge in [0.25, 0.3) is 0 Å². The lowest BCUT2D eigenvalue weighted by Gasteiger charge is -2.35. The standard InChI is InChI=1S/C20H25NO2/c1-13-6-14(2)11-21(10-13)12-17-9-20(22)23-19-8-16-5-3-4-15(16)7-18(17)19/h7-9,13-14H,3-6,10-12H2,1-2H3/t13-,14-/m1/s1. The second-order valence-corrected chi connectivity index (χ2v) is 7.70. The first kappa shape index (κ1) is 14.9. The Morgan fingerprint density at radius 3 is 2.52 bits per heavy atom. The van der Waals surface area contributed by atoms with Crippen molar-refractivity contribution in [3.05, 3.63) is 45.3 Å². The molecule has 1 aromatic heterocycles. The van der Waals surface area contributed by atoms with Gasteiger partial charge in [-0.25, -0.2) is 4.79 Å². The fraction of sp³-hybridized carbons (Fsp3) is 0.550. The average Bonchev–Trinajstić information content (AvgIpc) is 2.91. The Labute approximate surface area is 137 Å². The van der Waals surface area contributed by atoms with Crippen molar-refractivity contribution in [1.29, 1.82) is 0 Å². The zero-order chi connectivity index (χ0) is 16.0. The van der Waals surface area contributed by atoms with Crippen LogP contribution in [0.3, 0.4) is 0 Å². The van der Waals surface area contributed by atoms with Crippen LogP contribution in [0, 0.1) is 11.8 Å². The van der Waals surface area contributed by atoms with E-state index in [-0.39, 0.29) is 5.63 Å². The summed E-state index contributed by atoms with van der Waals surface area (Å²) in [5.74, 6) is 1.46. The molecule has 4 rings (SSSR count). The lowest BCUT2D eigenvalue weighted by molar-refractivity contribution is 0.134. The minimum absolute atomic E-state index is 0.219. The summed E-state index contributed by atoms with van der Waals surface area (Å²) < 4.78 is 5.48. The molecule has 23 heavy (non-hydrogen) atoms. The zero-order valence-corrected chi connectivity index (χ0v) is 14.1. The van der Waals surface area contributed by atoms with Gasteiger partial charge in [0.2, 0.25) is 0 Å². The van der Waals surface area contributed by atoms with E-state index in [0.29, 0.717) is 0 Å². The molecule has 3 nitrogen and oxygen atoms in total. The van der Waals surface area contributed by atoms with Crippen molar-refractivity contribution in [2.24, 2.45) is 11.8 Å². The van der Waals surface area contributed by atoms with Gasteiger partial charge in [-0.15, -0.1) is 0 Å². The third kappa shape index (κ3) is 2.94. The molecule has 0 bridgehead atoms. The monoisotopic (exact) mass is 311 g/mol. The molecular weight excluding hydrogens is 286 g/mol. The minimum Gasteiger partial charge on any atom is -0.423 e. The number of rotatable bonds is 2. The zero-order valence-electron chi connectivity index (χ0n) is 14.1. The lowest BCUT2D eigenvalue weighted by atomic mass is 9.91. The van der Waals surface area contributed by atoms with Crippen LogP contribution in [0.25, 0.3) is 11.0 Å². The fourth-order valence-electron chi connectivity index (χ4n) is 4.59. The van der Waals surface area contributed by atoms with Crippen LogP contribution in [0.5, 0.6) is 0 Å². The molecule has 1 aromatic carbocycles. The van der Waals surface area contributed by atoms with Crippen LogP contribution < -0.4 is 5.63 Å². The highest BCUT2D eigenvalue weighted by molar-refractivity contribution is 5.82. The van der Waals surface area contributed by atoms with Crippen LogP contribution in [-0.4, -0.2) is 18.0 Å². The first-order valence-corrected chi connectivity index (χ1v) is 8.89.